The van der Waals surface area contributed by atoms with Crippen LogP contribution in [0.5, 0.6) is 5.75 Å². The van der Waals surface area contributed by atoms with Gasteiger partial charge in [0.25, 0.3) is 0 Å². The van der Waals surface area contributed by atoms with Crippen LogP contribution in [0, 0.1) is 0 Å². The minimum atomic E-state index is -3.60. The Kier molecular flexibility index (Phi) is 6.41. The van der Waals surface area contributed by atoms with Crippen LogP contribution in [-0.2, 0) is 21.3 Å². The SMILES string of the molecule is COCCCN(C)S(=O)(=O)c1cc(CN)ccc1OC. The monoisotopic (exact) mass is 302 g/mol. The largest absolute Gasteiger partial charge is 0.495 e. The molecule has 0 bridgehead atoms. The number of sulfonamides is 1. The number of nitrogens with two attached hydrogens (primary N) is 1. The highest BCUT2D eigenvalue weighted by Crippen LogP contribution is 2.27. The molecule has 0 aliphatic rings. The third kappa shape index (κ3) is 3.92. The van der Waals surface area contributed by atoms with E-state index in [-0.39, 0.29) is 11.4 Å². The van der Waals surface area contributed by atoms with E-state index in [1.54, 1.807) is 32.4 Å². The lowest BCUT2D eigenvalue weighted by molar-refractivity contribution is 0.189. The fraction of sp³-hybridized carbons (Fsp3) is 0.538. The second-order valence-electron chi connectivity index (χ2n) is 4.36. The van der Waals surface area contributed by atoms with Gasteiger partial charge in [0.2, 0.25) is 10.0 Å². The van der Waals surface area contributed by atoms with Crippen LogP contribution in [0.2, 0.25) is 0 Å². The van der Waals surface area contributed by atoms with Crippen LogP contribution in [0.4, 0.5) is 0 Å². The average Bonchev–Trinajstić information content (AvgIpc) is 2.46. The predicted octanol–water partition coefficient (Wildman–Crippen LogP) is 0.811. The van der Waals surface area contributed by atoms with Crippen molar-refractivity contribution in [3.63, 3.8) is 0 Å². The Bertz CT molecular complexity index is 531. The van der Waals surface area contributed by atoms with E-state index in [2.05, 4.69) is 0 Å². The number of methoxy groups -OCH3 is 2. The van der Waals surface area contributed by atoms with Gasteiger partial charge < -0.3 is 15.2 Å². The highest BCUT2D eigenvalue weighted by atomic mass is 32.2. The molecule has 114 valence electrons. The summed E-state index contributed by atoms with van der Waals surface area (Å²) in [5.74, 6) is 0.320. The molecule has 0 fully saturated rings. The first-order chi connectivity index (χ1) is 9.47. The van der Waals surface area contributed by atoms with Crippen LogP contribution in [0.15, 0.2) is 23.1 Å². The third-order valence-electron chi connectivity index (χ3n) is 2.97. The molecule has 0 radical (unpaired) electrons. The van der Waals surface area contributed by atoms with E-state index in [4.69, 9.17) is 15.2 Å². The number of hydrogen-bond acceptors (Lipinski definition) is 5. The number of ether oxygens (including phenoxy) is 2. The maximum atomic E-state index is 12.5. The van der Waals surface area contributed by atoms with E-state index in [9.17, 15) is 8.42 Å². The lowest BCUT2D eigenvalue weighted by Crippen LogP contribution is -2.29. The molecule has 0 aliphatic carbocycles. The summed E-state index contributed by atoms with van der Waals surface area (Å²) in [5.41, 5.74) is 6.31. The van der Waals surface area contributed by atoms with Gasteiger partial charge in [0.15, 0.2) is 0 Å². The molecule has 20 heavy (non-hydrogen) atoms. The van der Waals surface area contributed by atoms with E-state index < -0.39 is 10.0 Å². The third-order valence-corrected chi connectivity index (χ3v) is 4.85. The van der Waals surface area contributed by atoms with Crippen molar-refractivity contribution in [3.8, 4) is 5.75 Å². The van der Waals surface area contributed by atoms with Crippen LogP contribution in [0.3, 0.4) is 0 Å². The summed E-state index contributed by atoms with van der Waals surface area (Å²) in [4.78, 5) is 0.142. The van der Waals surface area contributed by atoms with Crippen LogP contribution in [-0.4, -0.2) is 47.1 Å². The first-order valence-electron chi connectivity index (χ1n) is 6.29. The zero-order valence-electron chi connectivity index (χ0n) is 12.1. The first kappa shape index (κ1) is 16.9. The van der Waals surface area contributed by atoms with Gasteiger partial charge in [-0.15, -0.1) is 0 Å². The van der Waals surface area contributed by atoms with Gasteiger partial charge >= 0.3 is 0 Å². The molecule has 7 heteroatoms. The van der Waals surface area contributed by atoms with Gasteiger partial charge in [-0.2, -0.15) is 0 Å². The normalized spacial score (nSPS) is 11.8. The van der Waals surface area contributed by atoms with Crippen molar-refractivity contribution in [1.29, 1.82) is 0 Å². The van der Waals surface area contributed by atoms with Gasteiger partial charge in [-0.3, -0.25) is 0 Å². The Morgan fingerprint density at radius 2 is 2.00 bits per heavy atom. The molecule has 0 aromatic heterocycles. The molecule has 0 amide bonds. The molecule has 0 aliphatic heterocycles. The fourth-order valence-corrected chi connectivity index (χ4v) is 3.18. The fourth-order valence-electron chi connectivity index (χ4n) is 1.77. The topological polar surface area (TPSA) is 81.9 Å². The molecule has 0 heterocycles. The van der Waals surface area contributed by atoms with E-state index in [0.717, 1.165) is 5.56 Å². The molecule has 0 saturated heterocycles. The second-order valence-corrected chi connectivity index (χ2v) is 6.38. The second kappa shape index (κ2) is 7.58. The maximum absolute atomic E-state index is 12.5. The number of nitrogens with zero attached hydrogens (tertiary/aromatic N) is 1. The smallest absolute Gasteiger partial charge is 0.246 e. The molecule has 1 rings (SSSR count). The van der Waals surface area contributed by atoms with E-state index in [1.807, 2.05) is 0 Å². The summed E-state index contributed by atoms with van der Waals surface area (Å²) in [6.45, 7) is 1.17. The molecule has 1 aromatic rings. The summed E-state index contributed by atoms with van der Waals surface area (Å²) < 4.78 is 36.4. The zero-order chi connectivity index (χ0) is 15.2. The van der Waals surface area contributed by atoms with Crippen molar-refractivity contribution in [1.82, 2.24) is 4.31 Å². The van der Waals surface area contributed by atoms with Crippen LogP contribution in [0.25, 0.3) is 0 Å². The number of hydrogen-bond donors (Lipinski definition) is 1. The Hall–Kier alpha value is -1.15. The Balaban J connectivity index is 3.06. The zero-order valence-corrected chi connectivity index (χ0v) is 12.9. The highest BCUT2D eigenvalue weighted by molar-refractivity contribution is 7.89. The predicted molar refractivity (Wildman–Crippen MR) is 77.2 cm³/mol. The molecule has 0 atom stereocenters. The van der Waals surface area contributed by atoms with Gasteiger partial charge in [0.05, 0.1) is 7.11 Å². The van der Waals surface area contributed by atoms with Crippen molar-refractivity contribution in [2.45, 2.75) is 17.9 Å². The Labute approximate surface area is 120 Å². The highest BCUT2D eigenvalue weighted by Gasteiger charge is 2.24. The van der Waals surface area contributed by atoms with Crippen LogP contribution in [0.1, 0.15) is 12.0 Å². The van der Waals surface area contributed by atoms with Crippen LogP contribution >= 0.6 is 0 Å². The summed E-state index contributed by atoms with van der Waals surface area (Å²) in [6.07, 6.45) is 0.630. The first-order valence-corrected chi connectivity index (χ1v) is 7.73. The lowest BCUT2D eigenvalue weighted by atomic mass is 10.2. The average molecular weight is 302 g/mol. The molecule has 1 aromatic carbocycles. The molecule has 0 spiro atoms. The number of rotatable bonds is 8. The van der Waals surface area contributed by atoms with Crippen molar-refractivity contribution >= 4 is 10.0 Å². The Morgan fingerprint density at radius 3 is 2.55 bits per heavy atom. The van der Waals surface area contributed by atoms with Crippen molar-refractivity contribution in [2.24, 2.45) is 5.73 Å². The quantitative estimate of drug-likeness (QED) is 0.719. The molecule has 0 saturated carbocycles. The lowest BCUT2D eigenvalue weighted by Gasteiger charge is -2.19. The number of benzene rings is 1. The van der Waals surface area contributed by atoms with Gasteiger partial charge in [0.1, 0.15) is 10.6 Å². The van der Waals surface area contributed by atoms with Crippen molar-refractivity contribution in [3.05, 3.63) is 23.8 Å². The standard InChI is InChI=1S/C13H22N2O4S/c1-15(7-4-8-18-2)20(16,17)13-9-11(10-14)5-6-12(13)19-3/h5-6,9H,4,7-8,10,14H2,1-3H3. The molecule has 2 N–H and O–H groups in total. The van der Waals surface area contributed by atoms with Crippen LogP contribution < -0.4 is 10.5 Å². The summed E-state index contributed by atoms with van der Waals surface area (Å²) in [6, 6.07) is 4.93. The molecule has 6 nitrogen and oxygen atoms in total. The van der Waals surface area contributed by atoms with E-state index in [1.165, 1.54) is 11.4 Å². The van der Waals surface area contributed by atoms with Crippen molar-refractivity contribution < 1.29 is 17.9 Å². The summed E-state index contributed by atoms with van der Waals surface area (Å²) in [7, 11) is 0.975. The summed E-state index contributed by atoms with van der Waals surface area (Å²) >= 11 is 0. The minimum Gasteiger partial charge on any atom is -0.495 e. The van der Waals surface area contributed by atoms with Crippen molar-refractivity contribution in [2.75, 3.05) is 34.4 Å². The molecule has 0 unspecified atom stereocenters. The molecular formula is C13H22N2O4S. The van der Waals surface area contributed by atoms with E-state index in [0.29, 0.717) is 25.3 Å². The Morgan fingerprint density at radius 1 is 1.30 bits per heavy atom. The van der Waals surface area contributed by atoms with E-state index >= 15 is 0 Å². The summed E-state index contributed by atoms with van der Waals surface area (Å²) in [5, 5.41) is 0. The minimum absolute atomic E-state index is 0.142. The van der Waals surface area contributed by atoms with Gasteiger partial charge in [-0.1, -0.05) is 6.07 Å². The van der Waals surface area contributed by atoms with Gasteiger partial charge in [-0.25, -0.2) is 12.7 Å². The van der Waals surface area contributed by atoms with Gasteiger partial charge in [-0.05, 0) is 24.1 Å². The molecular weight excluding hydrogens is 280 g/mol. The van der Waals surface area contributed by atoms with Gasteiger partial charge in [0, 0.05) is 33.9 Å². The maximum Gasteiger partial charge on any atom is 0.246 e.